The van der Waals surface area contributed by atoms with Crippen molar-refractivity contribution in [1.82, 2.24) is 21.1 Å². The van der Waals surface area contributed by atoms with Crippen LogP contribution in [0.2, 0.25) is 0 Å². The Labute approximate surface area is 196 Å². The van der Waals surface area contributed by atoms with Crippen molar-refractivity contribution in [2.75, 3.05) is 11.9 Å². The quantitative estimate of drug-likeness (QED) is 0.174. The lowest BCUT2D eigenvalue weighted by Crippen LogP contribution is -2.58. The topological polar surface area (TPSA) is 183 Å². The fourth-order valence-electron chi connectivity index (χ4n) is 3.15. The summed E-state index contributed by atoms with van der Waals surface area (Å²) in [6.45, 7) is 3.52. The first-order chi connectivity index (χ1) is 16.1. The minimum absolute atomic E-state index is 0.138. The zero-order valence-corrected chi connectivity index (χ0v) is 19.0. The molecule has 0 aliphatic carbocycles. The molecule has 0 radical (unpaired) electrons. The highest BCUT2D eigenvalue weighted by Crippen LogP contribution is 2.12. The summed E-state index contributed by atoms with van der Waals surface area (Å²) in [5, 5.41) is 17.7. The third-order valence-corrected chi connectivity index (χ3v) is 5.03. The van der Waals surface area contributed by atoms with Gasteiger partial charge in [0.15, 0.2) is 0 Å². The lowest BCUT2D eigenvalue weighted by molar-refractivity contribution is -0.143. The smallest absolute Gasteiger partial charge is 0.312 e. The number of hydrogen-bond donors (Lipinski definition) is 6. The molecule has 1 aliphatic rings. The Morgan fingerprint density at radius 2 is 1.65 bits per heavy atom. The summed E-state index contributed by atoms with van der Waals surface area (Å²) in [4.78, 5) is 60.6. The van der Waals surface area contributed by atoms with Gasteiger partial charge in [-0.1, -0.05) is 26.0 Å². The number of rotatable bonds is 12. The first kappa shape index (κ1) is 26.5. The maximum atomic E-state index is 13.0. The number of nitrogens with two attached hydrogens (primary N) is 1. The number of hydrogen-bond acceptors (Lipinski definition) is 7. The summed E-state index contributed by atoms with van der Waals surface area (Å²) in [5.74, 6) is -2.60. The number of aliphatic hydroxyl groups excluding tert-OH is 1. The third-order valence-electron chi connectivity index (χ3n) is 5.03. The van der Waals surface area contributed by atoms with E-state index < -0.39 is 41.7 Å². The van der Waals surface area contributed by atoms with Crippen LogP contribution in [-0.2, 0) is 25.8 Å². The van der Waals surface area contributed by atoms with E-state index in [2.05, 4.69) is 21.4 Å². The zero-order valence-electron chi connectivity index (χ0n) is 19.0. The zero-order chi connectivity index (χ0) is 25.3. The summed E-state index contributed by atoms with van der Waals surface area (Å²) in [7, 11) is 0. The second kappa shape index (κ2) is 12.5. The molecule has 184 valence electrons. The number of primary amides is 1. The molecule has 0 saturated carbocycles. The van der Waals surface area contributed by atoms with Crippen LogP contribution in [-0.4, -0.2) is 58.4 Å². The summed E-state index contributed by atoms with van der Waals surface area (Å²) >= 11 is 0. The van der Waals surface area contributed by atoms with Gasteiger partial charge >= 0.3 is 6.03 Å². The summed E-state index contributed by atoms with van der Waals surface area (Å²) < 4.78 is 0. The minimum atomic E-state index is -0.981. The normalized spacial score (nSPS) is 14.8. The Bertz CT molecular complexity index is 928. The van der Waals surface area contributed by atoms with Gasteiger partial charge in [-0.15, -0.1) is 0 Å². The van der Waals surface area contributed by atoms with E-state index in [0.717, 1.165) is 17.2 Å². The molecule has 0 aromatic heterocycles. The van der Waals surface area contributed by atoms with Crippen LogP contribution in [0.1, 0.15) is 32.3 Å². The predicted octanol–water partition coefficient (Wildman–Crippen LogP) is -0.495. The van der Waals surface area contributed by atoms with Crippen molar-refractivity contribution < 1.29 is 29.1 Å². The average molecular weight is 475 g/mol. The first-order valence-corrected chi connectivity index (χ1v) is 10.8. The largest absolute Gasteiger partial charge is 0.392 e. The van der Waals surface area contributed by atoms with Crippen LogP contribution in [0.5, 0.6) is 0 Å². The molecule has 1 aliphatic heterocycles. The van der Waals surface area contributed by atoms with Crippen molar-refractivity contribution in [3.8, 4) is 0 Å². The van der Waals surface area contributed by atoms with E-state index in [-0.39, 0.29) is 25.5 Å². The molecule has 2 rings (SSSR count). The molecule has 0 saturated heterocycles. The Balaban J connectivity index is 2.11. The van der Waals surface area contributed by atoms with E-state index in [1.54, 1.807) is 38.1 Å². The van der Waals surface area contributed by atoms with Crippen LogP contribution in [0, 0.1) is 5.92 Å². The van der Waals surface area contributed by atoms with Crippen molar-refractivity contribution >= 4 is 35.3 Å². The monoisotopic (exact) mass is 474 g/mol. The van der Waals surface area contributed by atoms with Crippen molar-refractivity contribution in [1.29, 1.82) is 0 Å². The highest BCUT2D eigenvalue weighted by molar-refractivity contribution is 6.12. The maximum Gasteiger partial charge on any atom is 0.312 e. The molecule has 6 amide bonds. The number of nitrogens with zero attached hydrogens (tertiary/aromatic N) is 1. The van der Waals surface area contributed by atoms with Crippen LogP contribution >= 0.6 is 0 Å². The first-order valence-electron chi connectivity index (χ1n) is 10.8. The van der Waals surface area contributed by atoms with Crippen LogP contribution in [0.15, 0.2) is 36.4 Å². The van der Waals surface area contributed by atoms with Crippen LogP contribution < -0.4 is 27.1 Å². The van der Waals surface area contributed by atoms with Gasteiger partial charge in [-0.05, 0) is 36.5 Å². The van der Waals surface area contributed by atoms with Gasteiger partial charge in [0.05, 0.1) is 6.61 Å². The van der Waals surface area contributed by atoms with E-state index in [1.807, 2.05) is 0 Å². The maximum absolute atomic E-state index is 13.0. The molecule has 0 bridgehead atoms. The molecule has 1 aromatic rings. The lowest BCUT2D eigenvalue weighted by atomic mass is 10.0. The number of imide groups is 1. The van der Waals surface area contributed by atoms with E-state index in [1.165, 1.54) is 0 Å². The molecule has 0 fully saturated rings. The number of hydrazine groups is 1. The van der Waals surface area contributed by atoms with E-state index in [9.17, 15) is 24.0 Å². The molecule has 34 heavy (non-hydrogen) atoms. The standard InChI is InChI=1S/C22H30N6O6/c1-13(2)19(27-28-17(30)9-10-18(28)31)21(33)26-16(4-3-11-24-22(23)34)20(32)25-15-7-5-14(12-29)6-8-15/h5-10,13,16,19,27,29H,3-4,11-12H2,1-2H3,(H,25,32)(H,26,33)(H3,23,24,34)/t16-,19-/m0/s1. The van der Waals surface area contributed by atoms with Crippen LogP contribution in [0.4, 0.5) is 10.5 Å². The Kier molecular flexibility index (Phi) is 9.71. The van der Waals surface area contributed by atoms with Crippen molar-refractivity contribution in [3.05, 3.63) is 42.0 Å². The van der Waals surface area contributed by atoms with Gasteiger partial charge in [0.1, 0.15) is 12.1 Å². The molecule has 0 spiro atoms. The Morgan fingerprint density at radius 3 is 2.18 bits per heavy atom. The number of aliphatic hydroxyl groups is 1. The van der Waals surface area contributed by atoms with Gasteiger partial charge in [-0.3, -0.25) is 19.2 Å². The highest BCUT2D eigenvalue weighted by atomic mass is 16.3. The number of benzene rings is 1. The van der Waals surface area contributed by atoms with Crippen molar-refractivity contribution in [3.63, 3.8) is 0 Å². The second-order valence-corrected chi connectivity index (χ2v) is 8.03. The highest BCUT2D eigenvalue weighted by Gasteiger charge is 2.33. The third kappa shape index (κ3) is 7.67. The lowest BCUT2D eigenvalue weighted by Gasteiger charge is -2.28. The average Bonchev–Trinajstić information content (AvgIpc) is 3.11. The van der Waals surface area contributed by atoms with E-state index in [4.69, 9.17) is 10.8 Å². The fourth-order valence-corrected chi connectivity index (χ4v) is 3.15. The summed E-state index contributed by atoms with van der Waals surface area (Å²) in [5.41, 5.74) is 8.83. The molecule has 0 unspecified atom stereocenters. The molecule has 1 aromatic carbocycles. The van der Waals surface area contributed by atoms with Crippen molar-refractivity contribution in [2.24, 2.45) is 11.7 Å². The number of carbonyl (C=O) groups excluding carboxylic acids is 5. The number of carbonyl (C=O) groups is 5. The molecule has 1 heterocycles. The summed E-state index contributed by atoms with van der Waals surface area (Å²) in [6, 6.07) is 3.88. The van der Waals surface area contributed by atoms with Gasteiger partial charge in [-0.25, -0.2) is 15.2 Å². The number of anilines is 1. The van der Waals surface area contributed by atoms with Crippen molar-refractivity contribution in [2.45, 2.75) is 45.4 Å². The minimum Gasteiger partial charge on any atom is -0.392 e. The molecule has 2 atom stereocenters. The van der Waals surface area contributed by atoms with Crippen LogP contribution in [0.25, 0.3) is 0 Å². The molecule has 12 heteroatoms. The molecular weight excluding hydrogens is 444 g/mol. The van der Waals surface area contributed by atoms with E-state index in [0.29, 0.717) is 17.7 Å². The number of nitrogens with one attached hydrogen (secondary N) is 4. The van der Waals surface area contributed by atoms with Gasteiger partial charge < -0.3 is 26.8 Å². The molecule has 12 nitrogen and oxygen atoms in total. The Hall–Kier alpha value is -3.77. The van der Waals surface area contributed by atoms with Gasteiger partial charge in [0.25, 0.3) is 11.8 Å². The fraction of sp³-hybridized carbons (Fsp3) is 0.409. The van der Waals surface area contributed by atoms with Gasteiger partial charge in [0.2, 0.25) is 11.8 Å². The predicted molar refractivity (Wildman–Crippen MR) is 123 cm³/mol. The summed E-state index contributed by atoms with van der Waals surface area (Å²) in [6.07, 6.45) is 2.71. The number of urea groups is 1. The molecule has 7 N–H and O–H groups in total. The van der Waals surface area contributed by atoms with Gasteiger partial charge in [0, 0.05) is 24.4 Å². The Morgan fingerprint density at radius 1 is 1.03 bits per heavy atom. The molecular formula is C22H30N6O6. The van der Waals surface area contributed by atoms with Crippen LogP contribution in [0.3, 0.4) is 0 Å². The van der Waals surface area contributed by atoms with E-state index >= 15 is 0 Å². The van der Waals surface area contributed by atoms with Gasteiger partial charge in [-0.2, -0.15) is 0 Å². The second-order valence-electron chi connectivity index (χ2n) is 8.03. The SMILES string of the molecule is CC(C)[C@H](NN1C(=O)C=CC1=O)C(=O)N[C@@H](CCCNC(N)=O)C(=O)Nc1ccc(CO)cc1. The number of amides is 6.